The maximum absolute atomic E-state index is 6.45. The van der Waals surface area contributed by atoms with E-state index in [1.165, 1.54) is 5.56 Å². The van der Waals surface area contributed by atoms with Crippen LogP contribution < -0.4 is 10.5 Å². The number of methoxy groups -OCH3 is 1. The molecule has 3 heteroatoms. The Hall–Kier alpha value is -1.06. The van der Waals surface area contributed by atoms with Gasteiger partial charge in [0.25, 0.3) is 0 Å². The van der Waals surface area contributed by atoms with Gasteiger partial charge in [0, 0.05) is 12.7 Å². The Kier molecular flexibility index (Phi) is 4.16. The Bertz CT molecular complexity index is 437. The average Bonchev–Trinajstić information content (AvgIpc) is 2.37. The monoisotopic (exact) mass is 263 g/mol. The number of fused-ring (bicyclic) bond motifs is 1. The number of benzene rings is 1. The van der Waals surface area contributed by atoms with Crippen LogP contribution >= 0.6 is 0 Å². The lowest BCUT2D eigenvalue weighted by Crippen LogP contribution is -2.39. The van der Waals surface area contributed by atoms with Crippen LogP contribution in [0.5, 0.6) is 5.75 Å². The number of hydrogen-bond acceptors (Lipinski definition) is 3. The normalized spacial score (nSPS) is 18.4. The minimum absolute atomic E-state index is 0.00837. The molecule has 2 rings (SSSR count). The van der Waals surface area contributed by atoms with Crippen LogP contribution in [0.3, 0.4) is 0 Å². The summed E-state index contributed by atoms with van der Waals surface area (Å²) in [5, 5.41) is 0. The molecule has 1 heterocycles. The van der Waals surface area contributed by atoms with E-state index in [9.17, 15) is 0 Å². The fourth-order valence-electron chi connectivity index (χ4n) is 2.88. The molecule has 1 aromatic carbocycles. The van der Waals surface area contributed by atoms with E-state index >= 15 is 0 Å². The molecule has 2 N–H and O–H groups in total. The molecule has 1 aliphatic rings. The molecule has 0 radical (unpaired) electrons. The third-order valence-electron chi connectivity index (χ3n) is 3.76. The van der Waals surface area contributed by atoms with Crippen molar-refractivity contribution in [1.29, 1.82) is 0 Å². The molecule has 19 heavy (non-hydrogen) atoms. The Morgan fingerprint density at radius 1 is 1.32 bits per heavy atom. The Morgan fingerprint density at radius 2 is 2.05 bits per heavy atom. The van der Waals surface area contributed by atoms with Crippen molar-refractivity contribution in [3.63, 3.8) is 0 Å². The van der Waals surface area contributed by atoms with Crippen molar-refractivity contribution >= 4 is 0 Å². The second-order valence-corrected chi connectivity index (χ2v) is 6.34. The summed E-state index contributed by atoms with van der Waals surface area (Å²) in [5.41, 5.74) is 8.78. The van der Waals surface area contributed by atoms with Gasteiger partial charge in [0.15, 0.2) is 0 Å². The van der Waals surface area contributed by atoms with E-state index < -0.39 is 0 Å². The second-order valence-electron chi connectivity index (χ2n) is 6.34. The van der Waals surface area contributed by atoms with E-state index in [1.54, 1.807) is 7.11 Å². The third-order valence-corrected chi connectivity index (χ3v) is 3.76. The van der Waals surface area contributed by atoms with Crippen molar-refractivity contribution < 1.29 is 9.47 Å². The van der Waals surface area contributed by atoms with Gasteiger partial charge >= 0.3 is 0 Å². The molecular formula is C16H25NO2. The highest BCUT2D eigenvalue weighted by molar-refractivity contribution is 5.45. The average molecular weight is 263 g/mol. The van der Waals surface area contributed by atoms with Crippen LogP contribution in [0.25, 0.3) is 0 Å². The van der Waals surface area contributed by atoms with Gasteiger partial charge in [0.05, 0.1) is 18.8 Å². The molecule has 1 aliphatic heterocycles. The van der Waals surface area contributed by atoms with E-state index in [1.807, 2.05) is 0 Å². The molecule has 0 aliphatic carbocycles. The maximum Gasteiger partial charge on any atom is 0.127 e. The first kappa shape index (κ1) is 14.4. The molecule has 0 saturated carbocycles. The van der Waals surface area contributed by atoms with Crippen molar-refractivity contribution in [2.24, 2.45) is 11.1 Å². The molecule has 2 unspecified atom stereocenters. The predicted octanol–water partition coefficient (Wildman–Crippen LogP) is 3.07. The fraction of sp³-hybridized carbons (Fsp3) is 0.625. The van der Waals surface area contributed by atoms with E-state index in [4.69, 9.17) is 15.2 Å². The first-order chi connectivity index (χ1) is 8.95. The third kappa shape index (κ3) is 2.93. The SMILES string of the molecule is COC(C(N)c1cccc2c1OCCC2)C(C)(C)C. The number of para-hydroxylation sites is 1. The quantitative estimate of drug-likeness (QED) is 0.911. The van der Waals surface area contributed by atoms with Gasteiger partial charge in [-0.25, -0.2) is 0 Å². The summed E-state index contributed by atoms with van der Waals surface area (Å²) in [7, 11) is 1.73. The number of ether oxygens (including phenoxy) is 2. The van der Waals surface area contributed by atoms with Crippen LogP contribution in [0.4, 0.5) is 0 Å². The first-order valence-electron chi connectivity index (χ1n) is 6.98. The summed E-state index contributed by atoms with van der Waals surface area (Å²) >= 11 is 0. The molecular weight excluding hydrogens is 238 g/mol. The molecule has 0 saturated heterocycles. The smallest absolute Gasteiger partial charge is 0.127 e. The van der Waals surface area contributed by atoms with Crippen molar-refractivity contribution in [3.8, 4) is 5.75 Å². The lowest BCUT2D eigenvalue weighted by atomic mass is 9.81. The van der Waals surface area contributed by atoms with Gasteiger partial charge in [-0.1, -0.05) is 39.0 Å². The van der Waals surface area contributed by atoms with E-state index in [2.05, 4.69) is 39.0 Å². The summed E-state index contributed by atoms with van der Waals surface area (Å²) in [5.74, 6) is 0.979. The molecule has 0 amide bonds. The van der Waals surface area contributed by atoms with Crippen LogP contribution in [0, 0.1) is 5.41 Å². The molecule has 3 nitrogen and oxygen atoms in total. The Balaban J connectivity index is 2.35. The van der Waals surface area contributed by atoms with Crippen LogP contribution in [0.15, 0.2) is 18.2 Å². The van der Waals surface area contributed by atoms with Gasteiger partial charge in [-0.05, 0) is 23.8 Å². The Morgan fingerprint density at radius 3 is 2.68 bits per heavy atom. The minimum Gasteiger partial charge on any atom is -0.493 e. The largest absolute Gasteiger partial charge is 0.493 e. The first-order valence-corrected chi connectivity index (χ1v) is 6.98. The second kappa shape index (κ2) is 5.51. The van der Waals surface area contributed by atoms with Crippen molar-refractivity contribution in [1.82, 2.24) is 0 Å². The maximum atomic E-state index is 6.45. The summed E-state index contributed by atoms with van der Waals surface area (Å²) in [6.07, 6.45) is 2.12. The van der Waals surface area contributed by atoms with Crippen molar-refractivity contribution in [2.45, 2.75) is 45.8 Å². The van der Waals surface area contributed by atoms with E-state index in [0.717, 1.165) is 30.8 Å². The van der Waals surface area contributed by atoms with E-state index in [0.29, 0.717) is 0 Å². The number of nitrogens with two attached hydrogens (primary N) is 1. The van der Waals surface area contributed by atoms with Gasteiger partial charge in [-0.2, -0.15) is 0 Å². The molecule has 0 fully saturated rings. The fourth-order valence-corrected chi connectivity index (χ4v) is 2.88. The van der Waals surface area contributed by atoms with Crippen LogP contribution in [0.1, 0.15) is 44.4 Å². The highest BCUT2D eigenvalue weighted by Gasteiger charge is 2.33. The number of rotatable bonds is 3. The van der Waals surface area contributed by atoms with Crippen molar-refractivity contribution in [3.05, 3.63) is 29.3 Å². The molecule has 2 atom stereocenters. The van der Waals surface area contributed by atoms with E-state index in [-0.39, 0.29) is 17.6 Å². The van der Waals surface area contributed by atoms with Crippen molar-refractivity contribution in [2.75, 3.05) is 13.7 Å². The topological polar surface area (TPSA) is 44.5 Å². The molecule has 0 aromatic heterocycles. The Labute approximate surface area is 116 Å². The molecule has 106 valence electrons. The summed E-state index contributed by atoms with van der Waals surface area (Å²) in [6.45, 7) is 7.23. The van der Waals surface area contributed by atoms with Gasteiger partial charge in [-0.15, -0.1) is 0 Å². The van der Waals surface area contributed by atoms with Gasteiger partial charge < -0.3 is 15.2 Å². The summed E-state index contributed by atoms with van der Waals surface area (Å²) in [4.78, 5) is 0. The zero-order valence-corrected chi connectivity index (χ0v) is 12.4. The van der Waals surface area contributed by atoms with Crippen LogP contribution in [0.2, 0.25) is 0 Å². The van der Waals surface area contributed by atoms with Gasteiger partial charge in [0.2, 0.25) is 0 Å². The lowest BCUT2D eigenvalue weighted by molar-refractivity contribution is -0.00308. The predicted molar refractivity (Wildman–Crippen MR) is 77.4 cm³/mol. The summed E-state index contributed by atoms with van der Waals surface area (Å²) in [6, 6.07) is 6.09. The van der Waals surface area contributed by atoms with Crippen LogP contribution in [-0.2, 0) is 11.2 Å². The number of hydrogen-bond donors (Lipinski definition) is 1. The zero-order chi connectivity index (χ0) is 14.0. The number of aryl methyl sites for hydroxylation is 1. The molecule has 0 bridgehead atoms. The highest BCUT2D eigenvalue weighted by atomic mass is 16.5. The minimum atomic E-state index is -0.168. The standard InChI is InChI=1S/C16H25NO2/c1-16(2,3)15(18-4)13(17)12-9-5-7-11-8-6-10-19-14(11)12/h5,7,9,13,15H,6,8,10,17H2,1-4H3. The highest BCUT2D eigenvalue weighted by Crippen LogP contribution is 2.37. The summed E-state index contributed by atoms with van der Waals surface area (Å²) < 4.78 is 11.5. The van der Waals surface area contributed by atoms with Gasteiger partial charge in [-0.3, -0.25) is 0 Å². The zero-order valence-electron chi connectivity index (χ0n) is 12.4. The van der Waals surface area contributed by atoms with Crippen LogP contribution in [-0.4, -0.2) is 19.8 Å². The molecule has 1 aromatic rings. The lowest BCUT2D eigenvalue weighted by Gasteiger charge is -2.35. The molecule has 0 spiro atoms. The van der Waals surface area contributed by atoms with Gasteiger partial charge in [0.1, 0.15) is 5.75 Å².